The highest BCUT2D eigenvalue weighted by Gasteiger charge is 2.18. The Morgan fingerprint density at radius 3 is 2.11 bits per heavy atom. The van der Waals surface area contributed by atoms with Crippen molar-refractivity contribution in [1.29, 1.82) is 0 Å². The minimum atomic E-state index is -1.15. The molecule has 0 aliphatic heterocycles. The summed E-state index contributed by atoms with van der Waals surface area (Å²) in [5.41, 5.74) is 11.9. The SMILES string of the molecule is NC(CCNC(=O)C1=C/C=C\C=C(\OC(=O)[C@@H](N)CNC(=O)C2=C/C=C\C=C/C=C2)C=C1)C(=O)O. The summed E-state index contributed by atoms with van der Waals surface area (Å²) in [6, 6.07) is -2.19. The fourth-order valence-corrected chi connectivity index (χ4v) is 2.68. The molecule has 0 aromatic carbocycles. The van der Waals surface area contributed by atoms with Crippen LogP contribution in [0.3, 0.4) is 0 Å². The second-order valence-electron chi connectivity index (χ2n) is 7.39. The summed E-state index contributed by atoms with van der Waals surface area (Å²) in [5.74, 6) is -2.61. The molecule has 2 amide bonds. The number of hydrogen-bond acceptors (Lipinski definition) is 7. The van der Waals surface area contributed by atoms with Crippen molar-refractivity contribution in [3.05, 3.63) is 95.9 Å². The number of hydrogen-bond donors (Lipinski definition) is 5. The molecule has 0 radical (unpaired) electrons. The summed E-state index contributed by atoms with van der Waals surface area (Å²) in [6.45, 7) is -0.0552. The highest BCUT2D eigenvalue weighted by atomic mass is 16.5. The maximum Gasteiger partial charge on any atom is 0.330 e. The van der Waals surface area contributed by atoms with Crippen molar-refractivity contribution in [2.75, 3.05) is 13.1 Å². The number of carbonyl (C=O) groups excluding carboxylic acids is 3. The molecule has 10 nitrogen and oxygen atoms in total. The molecular formula is C25H28N4O6. The van der Waals surface area contributed by atoms with Crippen molar-refractivity contribution in [2.45, 2.75) is 18.5 Å². The molecule has 1 unspecified atom stereocenters. The molecule has 10 heteroatoms. The van der Waals surface area contributed by atoms with E-state index in [1.165, 1.54) is 18.2 Å². The maximum atomic E-state index is 12.4. The standard InChI is InChI=1S/C25H28N4O6/c26-20(24(32)33)14-15-28-22(30)18-10-6-7-11-19(13-12-18)35-25(34)21(27)16-29-23(31)17-8-4-2-1-3-5-9-17/h1-13,20-21H,14-16,26-27H2,(H,28,30)(H,29,31)(H,32,33)/b2-1-,3-1?,4-2?,5-3-,7-6-,8-4?,9-5?,10-6?,11-7?,13-12?,17-8?,17-9?,18-10?,18-12?,19-11+,19-13?/t20?,21-/m0/s1. The van der Waals surface area contributed by atoms with Gasteiger partial charge >= 0.3 is 11.9 Å². The third kappa shape index (κ3) is 9.62. The van der Waals surface area contributed by atoms with Gasteiger partial charge in [0.1, 0.15) is 17.8 Å². The molecule has 7 N–H and O–H groups in total. The zero-order chi connectivity index (χ0) is 25.6. The van der Waals surface area contributed by atoms with E-state index in [1.807, 2.05) is 6.08 Å². The van der Waals surface area contributed by atoms with Gasteiger partial charge < -0.3 is 31.9 Å². The predicted molar refractivity (Wildman–Crippen MR) is 130 cm³/mol. The van der Waals surface area contributed by atoms with Crippen LogP contribution >= 0.6 is 0 Å². The fourth-order valence-electron chi connectivity index (χ4n) is 2.68. The lowest BCUT2D eigenvalue weighted by molar-refractivity contribution is -0.140. The molecule has 2 aliphatic rings. The Hall–Kier alpha value is -4.28. The predicted octanol–water partition coefficient (Wildman–Crippen LogP) is 0.436. The van der Waals surface area contributed by atoms with Crippen LogP contribution in [0.1, 0.15) is 6.42 Å². The molecule has 35 heavy (non-hydrogen) atoms. The van der Waals surface area contributed by atoms with E-state index in [4.69, 9.17) is 21.3 Å². The third-order valence-electron chi connectivity index (χ3n) is 4.66. The largest absolute Gasteiger partial charge is 0.480 e. The summed E-state index contributed by atoms with van der Waals surface area (Å²) in [5, 5.41) is 14.0. The summed E-state index contributed by atoms with van der Waals surface area (Å²) in [7, 11) is 0. The van der Waals surface area contributed by atoms with Crippen molar-refractivity contribution in [2.24, 2.45) is 11.5 Å². The van der Waals surface area contributed by atoms with Crippen molar-refractivity contribution in [3.8, 4) is 0 Å². The maximum absolute atomic E-state index is 12.4. The minimum Gasteiger partial charge on any atom is -0.480 e. The number of allylic oxidation sites excluding steroid dienone is 11. The monoisotopic (exact) mass is 480 g/mol. The van der Waals surface area contributed by atoms with Crippen LogP contribution in [-0.4, -0.2) is 54.0 Å². The number of carboxylic acids is 1. The fraction of sp³-hybridized carbons (Fsp3) is 0.200. The van der Waals surface area contributed by atoms with E-state index in [0.29, 0.717) is 5.57 Å². The first-order valence-electron chi connectivity index (χ1n) is 10.8. The Morgan fingerprint density at radius 1 is 0.771 bits per heavy atom. The number of rotatable bonds is 10. The average molecular weight is 481 g/mol. The van der Waals surface area contributed by atoms with E-state index in [0.717, 1.165) is 0 Å². The van der Waals surface area contributed by atoms with Crippen LogP contribution in [0.15, 0.2) is 95.9 Å². The lowest BCUT2D eigenvalue weighted by atomic mass is 10.1. The van der Waals surface area contributed by atoms with Gasteiger partial charge in [0.05, 0.1) is 0 Å². The molecular weight excluding hydrogens is 452 g/mol. The summed E-state index contributed by atoms with van der Waals surface area (Å²) < 4.78 is 5.29. The van der Waals surface area contributed by atoms with Crippen molar-refractivity contribution in [3.63, 3.8) is 0 Å². The van der Waals surface area contributed by atoms with Crippen LogP contribution in [0.4, 0.5) is 0 Å². The number of ether oxygens (including phenoxy) is 1. The van der Waals surface area contributed by atoms with Crippen LogP contribution in [0.25, 0.3) is 0 Å². The first-order chi connectivity index (χ1) is 16.8. The number of aliphatic carboxylic acids is 1. The smallest absolute Gasteiger partial charge is 0.330 e. The van der Waals surface area contributed by atoms with E-state index in [2.05, 4.69) is 10.6 Å². The van der Waals surface area contributed by atoms with Gasteiger partial charge in [0, 0.05) is 24.2 Å². The van der Waals surface area contributed by atoms with Gasteiger partial charge in [-0.1, -0.05) is 42.5 Å². The quantitative estimate of drug-likeness (QED) is 0.280. The zero-order valence-corrected chi connectivity index (χ0v) is 18.9. The molecule has 0 bridgehead atoms. The lowest BCUT2D eigenvalue weighted by Gasteiger charge is -2.13. The van der Waals surface area contributed by atoms with Crippen LogP contribution in [-0.2, 0) is 23.9 Å². The van der Waals surface area contributed by atoms with Gasteiger partial charge in [0.2, 0.25) is 0 Å². The van der Waals surface area contributed by atoms with E-state index in [1.54, 1.807) is 54.7 Å². The highest BCUT2D eigenvalue weighted by Crippen LogP contribution is 2.10. The van der Waals surface area contributed by atoms with Gasteiger partial charge in [-0.2, -0.15) is 0 Å². The van der Waals surface area contributed by atoms with Crippen molar-refractivity contribution in [1.82, 2.24) is 10.6 Å². The number of esters is 1. The molecule has 0 saturated carbocycles. The van der Waals surface area contributed by atoms with E-state index >= 15 is 0 Å². The van der Waals surface area contributed by atoms with Gasteiger partial charge in [-0.3, -0.25) is 14.4 Å². The number of carbonyl (C=O) groups is 4. The molecule has 0 aromatic heterocycles. The summed E-state index contributed by atoms with van der Waals surface area (Å²) >= 11 is 0. The molecule has 0 fully saturated rings. The van der Waals surface area contributed by atoms with Gasteiger partial charge in [-0.05, 0) is 42.9 Å². The minimum absolute atomic E-state index is 0.0758. The zero-order valence-electron chi connectivity index (χ0n) is 18.9. The normalized spacial score (nSPS) is 20.6. The Labute approximate surface area is 202 Å². The van der Waals surface area contributed by atoms with E-state index in [9.17, 15) is 19.2 Å². The van der Waals surface area contributed by atoms with Crippen molar-refractivity contribution < 1.29 is 29.0 Å². The van der Waals surface area contributed by atoms with E-state index < -0.39 is 29.9 Å². The molecule has 0 aromatic rings. The molecule has 0 heterocycles. The van der Waals surface area contributed by atoms with Crippen LogP contribution in [0.5, 0.6) is 0 Å². The number of nitrogens with two attached hydrogens (primary N) is 2. The summed E-state index contributed by atoms with van der Waals surface area (Å²) in [6.07, 6.45) is 21.2. The van der Waals surface area contributed by atoms with Gasteiger partial charge in [0.15, 0.2) is 0 Å². The second kappa shape index (κ2) is 14.1. The Bertz CT molecular complexity index is 1080. The van der Waals surface area contributed by atoms with Gasteiger partial charge in [0.25, 0.3) is 11.8 Å². The van der Waals surface area contributed by atoms with Gasteiger partial charge in [-0.25, -0.2) is 4.79 Å². The molecule has 0 saturated heterocycles. The molecule has 184 valence electrons. The highest BCUT2D eigenvalue weighted by molar-refractivity contribution is 5.97. The van der Waals surface area contributed by atoms with Crippen LogP contribution in [0, 0.1) is 0 Å². The van der Waals surface area contributed by atoms with Gasteiger partial charge in [-0.15, -0.1) is 0 Å². The number of amides is 2. The second-order valence-corrected chi connectivity index (χ2v) is 7.39. The topological polar surface area (TPSA) is 174 Å². The summed E-state index contributed by atoms with van der Waals surface area (Å²) in [4.78, 5) is 47.7. The third-order valence-corrected chi connectivity index (χ3v) is 4.66. The Kier molecular flexibility index (Phi) is 10.9. The Balaban J connectivity index is 1.86. The first-order valence-corrected chi connectivity index (χ1v) is 10.8. The molecule has 2 atom stereocenters. The van der Waals surface area contributed by atoms with Crippen LogP contribution < -0.4 is 22.1 Å². The average Bonchev–Trinajstić information content (AvgIpc) is 2.78. The Morgan fingerprint density at radius 2 is 1.37 bits per heavy atom. The molecule has 2 aliphatic carbocycles. The van der Waals surface area contributed by atoms with E-state index in [-0.39, 0.29) is 36.7 Å². The molecule has 0 spiro atoms. The number of nitrogens with one attached hydrogen (secondary N) is 2. The first kappa shape index (κ1) is 27.0. The van der Waals surface area contributed by atoms with Crippen LogP contribution in [0.2, 0.25) is 0 Å². The lowest BCUT2D eigenvalue weighted by Crippen LogP contribution is -2.43. The molecule has 2 rings (SSSR count). The van der Waals surface area contributed by atoms with Crippen molar-refractivity contribution >= 4 is 23.8 Å². The number of carboxylic acid groups (broad SMARTS) is 1.